The maximum Gasteiger partial charge on any atom is 0.137 e. The van der Waals surface area contributed by atoms with Gasteiger partial charge in [0.25, 0.3) is 0 Å². The summed E-state index contributed by atoms with van der Waals surface area (Å²) in [5.74, 6) is 0.882. The van der Waals surface area contributed by atoms with Crippen molar-refractivity contribution in [1.29, 1.82) is 0 Å². The Labute approximate surface area is 332 Å². The van der Waals surface area contributed by atoms with E-state index in [1.165, 1.54) is 58.7 Å². The first-order valence-corrected chi connectivity index (χ1v) is 20.2. The second-order valence-corrected chi connectivity index (χ2v) is 15.9. The van der Waals surface area contributed by atoms with Gasteiger partial charge in [-0.1, -0.05) is 121 Å². The molecule has 5 nitrogen and oxygen atoms in total. The van der Waals surface area contributed by atoms with Crippen molar-refractivity contribution in [2.45, 2.75) is 12.3 Å². The van der Waals surface area contributed by atoms with Crippen molar-refractivity contribution in [3.05, 3.63) is 199 Å². The van der Waals surface area contributed by atoms with Crippen LogP contribution in [0.1, 0.15) is 29.0 Å². The van der Waals surface area contributed by atoms with E-state index in [1.807, 2.05) is 17.4 Å². The highest BCUT2D eigenvalue weighted by atomic mass is 32.1. The molecule has 4 heterocycles. The number of hydrogen-bond donors (Lipinski definition) is 2. The molecule has 6 heteroatoms. The molecule has 11 aromatic rings. The molecular weight excluding hydrogens is 717 g/mol. The molecule has 3 aromatic heterocycles. The minimum absolute atomic E-state index is 0.0837. The highest BCUT2D eigenvalue weighted by molar-refractivity contribution is 7.26. The molecule has 0 fully saturated rings. The number of para-hydroxylation sites is 2. The van der Waals surface area contributed by atoms with Crippen LogP contribution in [-0.4, -0.2) is 10.4 Å². The number of aliphatic imine (C=N–C) groups is 1. The van der Waals surface area contributed by atoms with Gasteiger partial charge in [0, 0.05) is 59.0 Å². The van der Waals surface area contributed by atoms with E-state index >= 15 is 0 Å². The van der Waals surface area contributed by atoms with Crippen molar-refractivity contribution < 1.29 is 4.42 Å². The minimum Gasteiger partial charge on any atom is -0.456 e. The second-order valence-electron chi connectivity index (χ2n) is 14.8. The zero-order valence-electron chi connectivity index (χ0n) is 30.7. The van der Waals surface area contributed by atoms with E-state index in [-0.39, 0.29) is 12.3 Å². The summed E-state index contributed by atoms with van der Waals surface area (Å²) < 4.78 is 11.4. The molecule has 0 amide bonds. The van der Waals surface area contributed by atoms with Crippen LogP contribution >= 0.6 is 11.3 Å². The van der Waals surface area contributed by atoms with Gasteiger partial charge in [-0.3, -0.25) is 5.32 Å². The third-order valence-electron chi connectivity index (χ3n) is 11.5. The van der Waals surface area contributed by atoms with Gasteiger partial charge in [0.05, 0.1) is 11.0 Å². The summed E-state index contributed by atoms with van der Waals surface area (Å²) in [6.45, 7) is 0. The van der Waals surface area contributed by atoms with E-state index in [0.29, 0.717) is 0 Å². The summed E-state index contributed by atoms with van der Waals surface area (Å²) in [5.41, 5.74) is 11.0. The topological polar surface area (TPSA) is 54.5 Å². The number of furan rings is 1. The lowest BCUT2D eigenvalue weighted by atomic mass is 10.00. The number of hydrogen-bond acceptors (Lipinski definition) is 5. The highest BCUT2D eigenvalue weighted by Crippen LogP contribution is 2.42. The fourth-order valence-corrected chi connectivity index (χ4v) is 9.99. The van der Waals surface area contributed by atoms with Gasteiger partial charge in [0.1, 0.15) is 29.3 Å². The Morgan fingerprint density at radius 2 is 1.19 bits per heavy atom. The lowest BCUT2D eigenvalue weighted by Gasteiger charge is -2.32. The van der Waals surface area contributed by atoms with Gasteiger partial charge in [-0.25, -0.2) is 4.99 Å². The van der Waals surface area contributed by atoms with E-state index in [2.05, 4.69) is 191 Å². The number of benzene rings is 8. The molecule has 0 bridgehead atoms. The Hall–Kier alpha value is -6.99. The van der Waals surface area contributed by atoms with Gasteiger partial charge in [-0.05, 0) is 76.9 Å². The summed E-state index contributed by atoms with van der Waals surface area (Å²) in [4.78, 5) is 5.22. The lowest BCUT2D eigenvalue weighted by Crippen LogP contribution is -2.44. The maximum absolute atomic E-state index is 6.55. The largest absolute Gasteiger partial charge is 0.456 e. The molecule has 0 spiro atoms. The fraction of sp³-hybridized carbons (Fsp3) is 0.0392. The summed E-state index contributed by atoms with van der Waals surface area (Å²) in [5, 5.41) is 14.6. The number of aromatic nitrogens is 1. The first-order chi connectivity index (χ1) is 28.2. The monoisotopic (exact) mass is 750 g/mol. The van der Waals surface area contributed by atoms with Crippen LogP contribution in [0.4, 0.5) is 0 Å². The van der Waals surface area contributed by atoms with Crippen LogP contribution in [0.25, 0.3) is 80.7 Å². The van der Waals surface area contributed by atoms with Crippen LogP contribution < -0.4 is 10.6 Å². The third kappa shape index (κ3) is 5.22. The van der Waals surface area contributed by atoms with Crippen LogP contribution in [0.15, 0.2) is 191 Å². The lowest BCUT2D eigenvalue weighted by molar-refractivity contribution is 0.409. The number of amidine groups is 1. The van der Waals surface area contributed by atoms with Crippen molar-refractivity contribution in [1.82, 2.24) is 15.2 Å². The number of nitrogens with zero attached hydrogens (tertiary/aromatic N) is 2. The molecule has 0 saturated carbocycles. The number of fused-ring (bicyclic) bond motifs is 9. The molecule has 270 valence electrons. The van der Waals surface area contributed by atoms with E-state index in [0.717, 1.165) is 44.6 Å². The van der Waals surface area contributed by atoms with Crippen molar-refractivity contribution >= 4 is 81.1 Å². The number of nitrogens with one attached hydrogen (secondary N) is 2. The first kappa shape index (κ1) is 32.3. The first-order valence-electron chi connectivity index (χ1n) is 19.3. The zero-order valence-corrected chi connectivity index (χ0v) is 31.5. The smallest absolute Gasteiger partial charge is 0.137 e. The van der Waals surface area contributed by atoms with E-state index in [9.17, 15) is 0 Å². The standard InChI is InChI=1S/C51H34N4OS/c1-3-12-31(13-4-1)49-52-50(32-14-5-2-6-15-32)54-51(53-49)34-23-27-47-42(29-34)40-19-11-18-36(48(40)57-47)33-22-26-45-41(28-33)39-25-24-35(30-46(39)56-45)55-43-20-9-7-16-37(43)38-17-8-10-21-44(38)55/h1-30,49-50,52H,(H,53,54). The summed E-state index contributed by atoms with van der Waals surface area (Å²) in [6.07, 6.45) is -0.261. The van der Waals surface area contributed by atoms with Crippen LogP contribution in [0.2, 0.25) is 0 Å². The van der Waals surface area contributed by atoms with Crippen molar-refractivity contribution in [2.24, 2.45) is 4.99 Å². The Balaban J connectivity index is 0.938. The van der Waals surface area contributed by atoms with Crippen molar-refractivity contribution in [2.75, 3.05) is 0 Å². The van der Waals surface area contributed by atoms with Crippen LogP contribution in [0.5, 0.6) is 0 Å². The molecule has 12 rings (SSSR count). The second kappa shape index (κ2) is 12.8. The van der Waals surface area contributed by atoms with Gasteiger partial charge in [-0.2, -0.15) is 0 Å². The van der Waals surface area contributed by atoms with Crippen LogP contribution in [0.3, 0.4) is 0 Å². The van der Waals surface area contributed by atoms with Gasteiger partial charge in [0.15, 0.2) is 0 Å². The summed E-state index contributed by atoms with van der Waals surface area (Å²) in [7, 11) is 0. The Bertz CT molecular complexity index is 3320. The van der Waals surface area contributed by atoms with E-state index in [4.69, 9.17) is 9.41 Å². The molecule has 1 aliphatic rings. The quantitative estimate of drug-likeness (QED) is 0.184. The molecule has 2 unspecified atom stereocenters. The van der Waals surface area contributed by atoms with Gasteiger partial charge >= 0.3 is 0 Å². The summed E-state index contributed by atoms with van der Waals surface area (Å²) in [6, 6.07) is 64.9. The van der Waals surface area contributed by atoms with Crippen LogP contribution in [-0.2, 0) is 0 Å². The fourth-order valence-electron chi connectivity index (χ4n) is 8.78. The maximum atomic E-state index is 6.55. The zero-order chi connectivity index (χ0) is 37.5. The molecule has 57 heavy (non-hydrogen) atoms. The van der Waals surface area contributed by atoms with Crippen LogP contribution in [0, 0.1) is 0 Å². The molecule has 0 saturated heterocycles. The Kier molecular flexibility index (Phi) is 7.24. The molecule has 2 N–H and O–H groups in total. The third-order valence-corrected chi connectivity index (χ3v) is 12.7. The van der Waals surface area contributed by atoms with Crippen molar-refractivity contribution in [3.63, 3.8) is 0 Å². The molecule has 0 radical (unpaired) electrons. The Morgan fingerprint density at radius 1 is 0.509 bits per heavy atom. The molecule has 2 atom stereocenters. The van der Waals surface area contributed by atoms with Crippen molar-refractivity contribution in [3.8, 4) is 16.8 Å². The SMILES string of the molecule is c1ccc(C2N=C(c3ccc4sc5c(-c6ccc7oc8cc(-n9c%10ccccc%10c%10ccccc%109)ccc8c7c6)cccc5c4c3)NC(c3ccccc3)N2)cc1. The average molecular weight is 751 g/mol. The van der Waals surface area contributed by atoms with Gasteiger partial charge < -0.3 is 14.3 Å². The molecule has 8 aromatic carbocycles. The van der Waals surface area contributed by atoms with Gasteiger partial charge in [0.2, 0.25) is 0 Å². The molecule has 1 aliphatic heterocycles. The van der Waals surface area contributed by atoms with E-state index < -0.39 is 0 Å². The Morgan fingerprint density at radius 3 is 1.98 bits per heavy atom. The molecule has 0 aliphatic carbocycles. The van der Waals surface area contributed by atoms with Gasteiger partial charge in [-0.15, -0.1) is 11.3 Å². The normalized spacial score (nSPS) is 15.9. The number of thiophene rings is 1. The number of rotatable bonds is 5. The van der Waals surface area contributed by atoms with E-state index in [1.54, 1.807) is 0 Å². The average Bonchev–Trinajstić information content (AvgIpc) is 3.95. The predicted molar refractivity (Wildman–Crippen MR) is 238 cm³/mol. The summed E-state index contributed by atoms with van der Waals surface area (Å²) >= 11 is 1.85. The highest BCUT2D eigenvalue weighted by Gasteiger charge is 2.26. The molecular formula is C51H34N4OS. The minimum atomic E-state index is -0.177. The predicted octanol–water partition coefficient (Wildman–Crippen LogP) is 13.1.